The molecule has 0 radical (unpaired) electrons. The lowest BCUT2D eigenvalue weighted by Gasteiger charge is -2.04. The van der Waals surface area contributed by atoms with Crippen LogP contribution < -0.4 is 10.1 Å². The van der Waals surface area contributed by atoms with E-state index in [0.717, 1.165) is 0 Å². The van der Waals surface area contributed by atoms with Gasteiger partial charge < -0.3 is 14.5 Å². The average Bonchev–Trinajstić information content (AvgIpc) is 3.12. The van der Waals surface area contributed by atoms with Gasteiger partial charge in [0.25, 0.3) is 11.6 Å². The van der Waals surface area contributed by atoms with E-state index in [9.17, 15) is 14.9 Å². The Labute approximate surface area is 143 Å². The minimum Gasteiger partial charge on any atom is -0.497 e. The van der Waals surface area contributed by atoms with E-state index in [4.69, 9.17) is 9.15 Å². The van der Waals surface area contributed by atoms with Gasteiger partial charge in [-0.15, -0.1) is 0 Å². The van der Waals surface area contributed by atoms with Crippen LogP contribution in [0.2, 0.25) is 0 Å². The first kappa shape index (κ1) is 16.3. The Morgan fingerprint density at radius 2 is 1.80 bits per heavy atom. The highest BCUT2D eigenvalue weighted by Crippen LogP contribution is 2.31. The van der Waals surface area contributed by atoms with E-state index in [2.05, 4.69) is 5.32 Å². The molecule has 1 amide bonds. The van der Waals surface area contributed by atoms with Crippen LogP contribution in [0.4, 0.5) is 11.4 Å². The molecule has 0 atom stereocenters. The van der Waals surface area contributed by atoms with Crippen molar-refractivity contribution in [1.82, 2.24) is 0 Å². The van der Waals surface area contributed by atoms with Crippen molar-refractivity contribution in [2.24, 2.45) is 0 Å². The highest BCUT2D eigenvalue weighted by atomic mass is 16.6. The summed E-state index contributed by atoms with van der Waals surface area (Å²) in [5.74, 6) is 0.542. The molecular formula is C18H14N2O5. The molecule has 1 N–H and O–H groups in total. The third-order valence-corrected chi connectivity index (χ3v) is 3.54. The molecule has 0 unspecified atom stereocenters. The van der Waals surface area contributed by atoms with E-state index in [1.165, 1.54) is 18.2 Å². The van der Waals surface area contributed by atoms with Gasteiger partial charge in [0, 0.05) is 11.8 Å². The SMILES string of the molecule is COc1ccc(NC(=O)c2ccc(-c3ccccc3[N+](=O)[O-])o2)cc1. The topological polar surface area (TPSA) is 94.6 Å². The number of carbonyl (C=O) groups excluding carboxylic acids is 1. The van der Waals surface area contributed by atoms with Gasteiger partial charge in [-0.2, -0.15) is 0 Å². The maximum Gasteiger partial charge on any atom is 0.291 e. The minimum absolute atomic E-state index is 0.0592. The predicted molar refractivity (Wildman–Crippen MR) is 91.7 cm³/mol. The fourth-order valence-electron chi connectivity index (χ4n) is 2.31. The standard InChI is InChI=1S/C18H14N2O5/c1-24-13-8-6-12(7-9-13)19-18(21)17-11-10-16(25-17)14-4-2-3-5-15(14)20(22)23/h2-11H,1H3,(H,19,21). The van der Waals surface area contributed by atoms with E-state index in [1.807, 2.05) is 0 Å². The lowest BCUT2D eigenvalue weighted by atomic mass is 10.1. The van der Waals surface area contributed by atoms with Crippen LogP contribution in [0.5, 0.6) is 5.75 Å². The molecule has 0 aliphatic carbocycles. The molecule has 3 rings (SSSR count). The van der Waals surface area contributed by atoms with Crippen LogP contribution in [-0.2, 0) is 0 Å². The van der Waals surface area contributed by atoms with Crippen molar-refractivity contribution in [1.29, 1.82) is 0 Å². The molecule has 0 aliphatic rings. The first-order chi connectivity index (χ1) is 12.1. The monoisotopic (exact) mass is 338 g/mol. The van der Waals surface area contributed by atoms with Crippen molar-refractivity contribution in [2.75, 3.05) is 12.4 Å². The summed E-state index contributed by atoms with van der Waals surface area (Å²) in [5, 5.41) is 13.8. The highest BCUT2D eigenvalue weighted by Gasteiger charge is 2.19. The third kappa shape index (κ3) is 3.50. The third-order valence-electron chi connectivity index (χ3n) is 3.54. The fourth-order valence-corrected chi connectivity index (χ4v) is 2.31. The average molecular weight is 338 g/mol. The number of nitro benzene ring substituents is 1. The van der Waals surface area contributed by atoms with Crippen LogP contribution >= 0.6 is 0 Å². The number of benzene rings is 2. The van der Waals surface area contributed by atoms with Gasteiger partial charge in [0.15, 0.2) is 5.76 Å². The number of carbonyl (C=O) groups is 1. The first-order valence-electron chi connectivity index (χ1n) is 7.37. The molecule has 25 heavy (non-hydrogen) atoms. The second-order valence-electron chi connectivity index (χ2n) is 5.12. The summed E-state index contributed by atoms with van der Waals surface area (Å²) in [6.45, 7) is 0. The molecule has 1 heterocycles. The second kappa shape index (κ2) is 6.88. The highest BCUT2D eigenvalue weighted by molar-refractivity contribution is 6.02. The lowest BCUT2D eigenvalue weighted by Crippen LogP contribution is -2.10. The van der Waals surface area contributed by atoms with E-state index in [0.29, 0.717) is 17.0 Å². The van der Waals surface area contributed by atoms with E-state index < -0.39 is 10.8 Å². The summed E-state index contributed by atoms with van der Waals surface area (Å²) in [7, 11) is 1.56. The molecule has 1 aromatic heterocycles. The number of para-hydroxylation sites is 1. The first-order valence-corrected chi connectivity index (χ1v) is 7.37. The number of hydrogen-bond donors (Lipinski definition) is 1. The molecule has 0 fully saturated rings. The fraction of sp³-hybridized carbons (Fsp3) is 0.0556. The second-order valence-corrected chi connectivity index (χ2v) is 5.12. The number of anilines is 1. The smallest absolute Gasteiger partial charge is 0.291 e. The van der Waals surface area contributed by atoms with Crippen molar-refractivity contribution in [3.05, 3.63) is 76.5 Å². The summed E-state index contributed by atoms with van der Waals surface area (Å²) in [6, 6.07) is 16.0. The zero-order valence-electron chi connectivity index (χ0n) is 13.3. The Morgan fingerprint density at radius 3 is 2.48 bits per heavy atom. The van der Waals surface area contributed by atoms with Gasteiger partial charge in [-0.05, 0) is 42.5 Å². The van der Waals surface area contributed by atoms with Gasteiger partial charge in [0.05, 0.1) is 17.6 Å². The minimum atomic E-state index is -0.491. The largest absolute Gasteiger partial charge is 0.497 e. The van der Waals surface area contributed by atoms with Gasteiger partial charge in [0.1, 0.15) is 11.5 Å². The summed E-state index contributed by atoms with van der Waals surface area (Å²) in [5.41, 5.74) is 0.810. The Kier molecular flexibility index (Phi) is 4.47. The van der Waals surface area contributed by atoms with Crippen LogP contribution in [-0.4, -0.2) is 17.9 Å². The number of ether oxygens (including phenoxy) is 1. The zero-order valence-corrected chi connectivity index (χ0v) is 13.3. The number of furan rings is 1. The molecule has 0 saturated heterocycles. The normalized spacial score (nSPS) is 10.3. The summed E-state index contributed by atoms with van der Waals surface area (Å²) >= 11 is 0. The van der Waals surface area contributed by atoms with Crippen LogP contribution in [0.25, 0.3) is 11.3 Å². The number of rotatable bonds is 5. The molecular weight excluding hydrogens is 324 g/mol. The maximum atomic E-state index is 12.3. The van der Waals surface area contributed by atoms with Crippen molar-refractivity contribution in [3.63, 3.8) is 0 Å². The van der Waals surface area contributed by atoms with Gasteiger partial charge in [0.2, 0.25) is 0 Å². The van der Waals surface area contributed by atoms with Crippen LogP contribution in [0.3, 0.4) is 0 Å². The van der Waals surface area contributed by atoms with Crippen molar-refractivity contribution in [3.8, 4) is 17.1 Å². The number of nitrogens with zero attached hydrogens (tertiary/aromatic N) is 1. The van der Waals surface area contributed by atoms with Gasteiger partial charge >= 0.3 is 0 Å². The number of hydrogen-bond acceptors (Lipinski definition) is 5. The maximum absolute atomic E-state index is 12.3. The number of nitro groups is 1. The van der Waals surface area contributed by atoms with Crippen LogP contribution in [0.1, 0.15) is 10.6 Å². The van der Waals surface area contributed by atoms with Crippen LogP contribution in [0.15, 0.2) is 65.1 Å². The van der Waals surface area contributed by atoms with E-state index in [-0.39, 0.29) is 17.2 Å². The van der Waals surface area contributed by atoms with Crippen molar-refractivity contribution >= 4 is 17.3 Å². The number of methoxy groups -OCH3 is 1. The van der Waals surface area contributed by atoms with Gasteiger partial charge in [-0.1, -0.05) is 12.1 Å². The van der Waals surface area contributed by atoms with E-state index >= 15 is 0 Å². The molecule has 0 spiro atoms. The van der Waals surface area contributed by atoms with Gasteiger partial charge in [-0.3, -0.25) is 14.9 Å². The molecule has 3 aromatic rings. The van der Waals surface area contributed by atoms with Crippen molar-refractivity contribution < 1.29 is 18.9 Å². The van der Waals surface area contributed by atoms with Crippen molar-refractivity contribution in [2.45, 2.75) is 0 Å². The Balaban J connectivity index is 1.81. The quantitative estimate of drug-likeness (QED) is 0.558. The number of nitrogens with one attached hydrogen (secondary N) is 1. The summed E-state index contributed by atoms with van der Waals surface area (Å²) < 4.78 is 10.6. The predicted octanol–water partition coefficient (Wildman–Crippen LogP) is 4.12. The molecule has 0 aliphatic heterocycles. The molecule has 0 saturated carbocycles. The molecule has 126 valence electrons. The molecule has 7 heteroatoms. The zero-order chi connectivity index (χ0) is 17.8. The summed E-state index contributed by atoms with van der Waals surface area (Å²) in [4.78, 5) is 22.9. The van der Waals surface area contributed by atoms with E-state index in [1.54, 1.807) is 49.6 Å². The summed E-state index contributed by atoms with van der Waals surface area (Å²) in [6.07, 6.45) is 0. The molecule has 2 aromatic carbocycles. The molecule has 7 nitrogen and oxygen atoms in total. The Morgan fingerprint density at radius 1 is 1.08 bits per heavy atom. The molecule has 0 bridgehead atoms. The lowest BCUT2D eigenvalue weighted by molar-refractivity contribution is -0.384. The van der Waals surface area contributed by atoms with Crippen LogP contribution in [0, 0.1) is 10.1 Å². The Bertz CT molecular complexity index is 915. The van der Waals surface area contributed by atoms with Gasteiger partial charge in [-0.25, -0.2) is 0 Å². The number of amides is 1. The Hall–Kier alpha value is -3.61.